The van der Waals surface area contributed by atoms with Crippen molar-refractivity contribution in [2.75, 3.05) is 30.4 Å². The average Bonchev–Trinajstić information content (AvgIpc) is 3.08. The van der Waals surface area contributed by atoms with Crippen LogP contribution in [-0.4, -0.2) is 43.8 Å². The molecule has 0 bridgehead atoms. The summed E-state index contributed by atoms with van der Waals surface area (Å²) in [5, 5.41) is 4.99. The molecule has 35 heavy (non-hydrogen) atoms. The standard InChI is InChI=1S/C23H23F4N3O4S/c1-11(2)14-8-18(31)19(33-3)5-4-17(14)29-20-15(24)6-12(7-16(20)25)30-10-13(34-23(30)32)9-28-22(35)21(26)27/h4-8,11,13,21,29H,9-10H2,1-3H3,(H,28,35)/t13-/m0/s1. The molecule has 1 aliphatic rings. The van der Waals surface area contributed by atoms with Crippen molar-refractivity contribution in [1.82, 2.24) is 5.32 Å². The second kappa shape index (κ2) is 10.9. The predicted octanol–water partition coefficient (Wildman–Crippen LogP) is 4.71. The molecule has 0 unspecified atom stereocenters. The van der Waals surface area contributed by atoms with E-state index in [2.05, 4.69) is 22.9 Å². The largest absolute Gasteiger partial charge is 0.493 e. The van der Waals surface area contributed by atoms with Crippen molar-refractivity contribution in [3.8, 4) is 5.75 Å². The minimum atomic E-state index is -2.86. The molecule has 1 saturated heterocycles. The summed E-state index contributed by atoms with van der Waals surface area (Å²) in [6, 6.07) is 6.12. The Kier molecular flexibility index (Phi) is 8.15. The molecule has 3 rings (SSSR count). The van der Waals surface area contributed by atoms with Crippen LogP contribution in [0.5, 0.6) is 5.75 Å². The molecule has 0 aromatic heterocycles. The molecule has 0 spiro atoms. The van der Waals surface area contributed by atoms with Crippen LogP contribution in [0.3, 0.4) is 0 Å². The third-order valence-corrected chi connectivity index (χ3v) is 5.58. The molecule has 0 saturated carbocycles. The number of carbonyl (C=O) groups excluding carboxylic acids is 1. The normalized spacial score (nSPS) is 15.4. The number of anilines is 3. The molecule has 1 amide bonds. The number of nitrogens with zero attached hydrogens (tertiary/aromatic N) is 1. The number of thiocarbonyl (C=S) groups is 1. The van der Waals surface area contributed by atoms with Gasteiger partial charge in [0.25, 0.3) is 6.43 Å². The van der Waals surface area contributed by atoms with Crippen LogP contribution in [0.15, 0.2) is 35.1 Å². The molecule has 188 valence electrons. The number of amides is 1. The number of cyclic esters (lactones) is 1. The van der Waals surface area contributed by atoms with Crippen molar-refractivity contribution in [3.05, 3.63) is 57.8 Å². The van der Waals surface area contributed by atoms with E-state index in [0.29, 0.717) is 11.3 Å². The molecule has 1 heterocycles. The third-order valence-electron chi connectivity index (χ3n) is 5.26. The zero-order chi connectivity index (χ0) is 25.9. The number of hydrogen-bond donors (Lipinski definition) is 2. The van der Waals surface area contributed by atoms with E-state index in [9.17, 15) is 27.2 Å². The molecule has 2 N–H and O–H groups in total. The SMILES string of the molecule is COc1ccc(Nc2c(F)cc(N3C[C@H](CNC(=S)C(F)F)OC3=O)cc2F)c(C(C)C)cc1=O. The lowest BCUT2D eigenvalue weighted by atomic mass is 10.0. The molecule has 1 aliphatic heterocycles. The first-order valence-electron chi connectivity index (χ1n) is 10.5. The van der Waals surface area contributed by atoms with E-state index in [0.717, 1.165) is 17.0 Å². The van der Waals surface area contributed by atoms with Crippen molar-refractivity contribution >= 4 is 40.4 Å². The van der Waals surface area contributed by atoms with Crippen LogP contribution in [0.25, 0.3) is 0 Å². The minimum Gasteiger partial charge on any atom is -0.493 e. The van der Waals surface area contributed by atoms with Crippen molar-refractivity contribution in [1.29, 1.82) is 0 Å². The van der Waals surface area contributed by atoms with Crippen LogP contribution in [0.1, 0.15) is 25.3 Å². The lowest BCUT2D eigenvalue weighted by Crippen LogP contribution is -2.36. The molecular weight excluding hydrogens is 490 g/mol. The summed E-state index contributed by atoms with van der Waals surface area (Å²) in [5.74, 6) is -2.08. The number of methoxy groups -OCH3 is 1. The summed E-state index contributed by atoms with van der Waals surface area (Å²) >= 11 is 4.47. The van der Waals surface area contributed by atoms with Crippen molar-refractivity contribution < 1.29 is 31.8 Å². The van der Waals surface area contributed by atoms with Gasteiger partial charge in [0, 0.05) is 17.8 Å². The molecule has 0 aliphatic carbocycles. The summed E-state index contributed by atoms with van der Waals surface area (Å²) in [7, 11) is 1.34. The first-order chi connectivity index (χ1) is 16.5. The molecule has 2 aromatic rings. The number of benzene rings is 1. The fourth-order valence-corrected chi connectivity index (χ4v) is 3.57. The Morgan fingerprint density at radius 3 is 2.43 bits per heavy atom. The zero-order valence-corrected chi connectivity index (χ0v) is 19.8. The van der Waals surface area contributed by atoms with Crippen LogP contribution in [-0.2, 0) is 4.74 Å². The summed E-state index contributed by atoms with van der Waals surface area (Å²) in [6.45, 7) is 3.34. The monoisotopic (exact) mass is 513 g/mol. The van der Waals surface area contributed by atoms with Gasteiger partial charge in [0.15, 0.2) is 17.4 Å². The Balaban J connectivity index is 1.85. The molecule has 1 fully saturated rings. The third kappa shape index (κ3) is 5.99. The van der Waals surface area contributed by atoms with Gasteiger partial charge in [0.1, 0.15) is 16.8 Å². The van der Waals surface area contributed by atoms with Crippen LogP contribution >= 0.6 is 12.2 Å². The van der Waals surface area contributed by atoms with E-state index in [-0.39, 0.29) is 35.9 Å². The maximum atomic E-state index is 15.0. The van der Waals surface area contributed by atoms with Gasteiger partial charge in [-0.2, -0.15) is 0 Å². The Bertz CT molecular complexity index is 1170. The Labute approximate surface area is 204 Å². The molecule has 7 nitrogen and oxygen atoms in total. The van der Waals surface area contributed by atoms with Gasteiger partial charge in [-0.15, -0.1) is 0 Å². The van der Waals surface area contributed by atoms with Crippen molar-refractivity contribution in [3.63, 3.8) is 0 Å². The second-order valence-corrected chi connectivity index (χ2v) is 8.45. The maximum Gasteiger partial charge on any atom is 0.414 e. The summed E-state index contributed by atoms with van der Waals surface area (Å²) in [6.07, 6.45) is -4.59. The average molecular weight is 514 g/mol. The van der Waals surface area contributed by atoms with Gasteiger partial charge in [-0.05, 0) is 29.7 Å². The predicted molar refractivity (Wildman–Crippen MR) is 127 cm³/mol. The van der Waals surface area contributed by atoms with Gasteiger partial charge in [-0.3, -0.25) is 9.69 Å². The minimum absolute atomic E-state index is 0.0714. The highest BCUT2D eigenvalue weighted by atomic mass is 32.1. The highest BCUT2D eigenvalue weighted by Crippen LogP contribution is 2.33. The van der Waals surface area contributed by atoms with E-state index in [4.69, 9.17) is 9.47 Å². The van der Waals surface area contributed by atoms with E-state index in [1.165, 1.54) is 25.3 Å². The number of halogens is 4. The van der Waals surface area contributed by atoms with Gasteiger partial charge < -0.3 is 20.1 Å². The Morgan fingerprint density at radius 2 is 1.86 bits per heavy atom. The van der Waals surface area contributed by atoms with Crippen LogP contribution < -0.4 is 25.7 Å². The first kappa shape index (κ1) is 26.2. The fourth-order valence-electron chi connectivity index (χ4n) is 3.49. The highest BCUT2D eigenvalue weighted by molar-refractivity contribution is 7.80. The summed E-state index contributed by atoms with van der Waals surface area (Å²) < 4.78 is 65.1. The van der Waals surface area contributed by atoms with Gasteiger partial charge in [-0.1, -0.05) is 26.1 Å². The second-order valence-electron chi connectivity index (χ2n) is 8.01. The molecule has 1 atom stereocenters. The lowest BCUT2D eigenvalue weighted by molar-refractivity contribution is 0.142. The number of carbonyl (C=O) groups is 1. The highest BCUT2D eigenvalue weighted by Gasteiger charge is 2.33. The number of rotatable bonds is 8. The summed E-state index contributed by atoms with van der Waals surface area (Å²) in [5.41, 5.74) is -0.164. The van der Waals surface area contributed by atoms with Gasteiger partial charge in [-0.25, -0.2) is 22.4 Å². The van der Waals surface area contributed by atoms with Crippen molar-refractivity contribution in [2.45, 2.75) is 32.3 Å². The molecule has 0 radical (unpaired) electrons. The number of ether oxygens (including phenoxy) is 2. The topological polar surface area (TPSA) is 79.9 Å². The van der Waals surface area contributed by atoms with Gasteiger partial charge in [0.05, 0.1) is 25.9 Å². The Hall–Kier alpha value is -3.41. The van der Waals surface area contributed by atoms with E-state index in [1.54, 1.807) is 0 Å². The van der Waals surface area contributed by atoms with E-state index >= 15 is 0 Å². The van der Waals surface area contributed by atoms with E-state index < -0.39 is 40.9 Å². The van der Waals surface area contributed by atoms with Crippen LogP contribution in [0.2, 0.25) is 0 Å². The quantitative estimate of drug-likeness (QED) is 0.391. The maximum absolute atomic E-state index is 15.0. The van der Waals surface area contributed by atoms with Gasteiger partial charge in [0.2, 0.25) is 5.43 Å². The number of hydrogen-bond acceptors (Lipinski definition) is 6. The number of nitrogens with one attached hydrogen (secondary N) is 2. The molecular formula is C23H23F4N3O4S. The number of alkyl halides is 2. The van der Waals surface area contributed by atoms with Crippen LogP contribution in [0, 0.1) is 11.6 Å². The molecule has 2 aromatic carbocycles. The van der Waals surface area contributed by atoms with E-state index in [1.807, 2.05) is 13.8 Å². The fraction of sp³-hybridized carbons (Fsp3) is 0.348. The van der Waals surface area contributed by atoms with Crippen molar-refractivity contribution in [2.24, 2.45) is 0 Å². The Morgan fingerprint density at radius 1 is 1.20 bits per heavy atom. The van der Waals surface area contributed by atoms with Crippen LogP contribution in [0.4, 0.5) is 39.4 Å². The first-order valence-corrected chi connectivity index (χ1v) is 10.9. The zero-order valence-electron chi connectivity index (χ0n) is 19.0. The lowest BCUT2D eigenvalue weighted by Gasteiger charge is -2.17. The summed E-state index contributed by atoms with van der Waals surface area (Å²) in [4.78, 5) is 24.8. The van der Waals surface area contributed by atoms with Gasteiger partial charge >= 0.3 is 6.09 Å². The smallest absolute Gasteiger partial charge is 0.414 e. The molecule has 12 heteroatoms.